The van der Waals surface area contributed by atoms with Gasteiger partial charge in [-0.25, -0.2) is 0 Å². The summed E-state index contributed by atoms with van der Waals surface area (Å²) in [6.45, 7) is 4.36. The first-order valence-electron chi connectivity index (χ1n) is 7.30. The highest BCUT2D eigenvalue weighted by Crippen LogP contribution is 2.25. The first kappa shape index (κ1) is 14.4. The molecule has 0 radical (unpaired) electrons. The Labute approximate surface area is 116 Å². The molecule has 1 N–H and O–H groups in total. The Hall–Kier alpha value is -1.06. The zero-order valence-corrected chi connectivity index (χ0v) is 12.1. The van der Waals surface area contributed by atoms with Crippen LogP contribution in [0.4, 0.5) is 0 Å². The number of methoxy groups -OCH3 is 1. The third-order valence-corrected chi connectivity index (χ3v) is 3.63. The standard InChI is InChI=1S/C16H25NO2/c1-3-17-15(11-18-2)12-19-16-9-8-13-6-4-5-7-14(13)10-16/h8-10,15,17H,3-7,11-12H2,1-2H3. The van der Waals surface area contributed by atoms with Crippen LogP contribution < -0.4 is 10.1 Å². The van der Waals surface area contributed by atoms with E-state index in [4.69, 9.17) is 9.47 Å². The molecule has 0 aliphatic heterocycles. The number of rotatable bonds is 7. The van der Waals surface area contributed by atoms with Gasteiger partial charge in [-0.1, -0.05) is 13.0 Å². The van der Waals surface area contributed by atoms with Crippen molar-refractivity contribution < 1.29 is 9.47 Å². The van der Waals surface area contributed by atoms with Crippen molar-refractivity contribution in [3.8, 4) is 5.75 Å². The highest BCUT2D eigenvalue weighted by Gasteiger charge is 2.11. The average Bonchev–Trinajstić information content (AvgIpc) is 2.45. The number of nitrogens with one attached hydrogen (secondary N) is 1. The molecule has 0 heterocycles. The Morgan fingerprint density at radius 1 is 1.16 bits per heavy atom. The first-order valence-corrected chi connectivity index (χ1v) is 7.30. The van der Waals surface area contributed by atoms with Crippen LogP contribution in [0.5, 0.6) is 5.75 Å². The van der Waals surface area contributed by atoms with Gasteiger partial charge in [0.25, 0.3) is 0 Å². The van der Waals surface area contributed by atoms with Crippen LogP contribution in [-0.4, -0.2) is 32.9 Å². The van der Waals surface area contributed by atoms with E-state index in [1.54, 1.807) is 7.11 Å². The fourth-order valence-electron chi connectivity index (χ4n) is 2.65. The summed E-state index contributed by atoms with van der Waals surface area (Å²) in [4.78, 5) is 0. The highest BCUT2D eigenvalue weighted by molar-refractivity contribution is 5.37. The molecule has 0 bridgehead atoms. The molecule has 0 fully saturated rings. The van der Waals surface area contributed by atoms with Gasteiger partial charge in [-0.15, -0.1) is 0 Å². The van der Waals surface area contributed by atoms with E-state index in [1.807, 2.05) is 0 Å². The summed E-state index contributed by atoms with van der Waals surface area (Å²) in [5.41, 5.74) is 2.97. The van der Waals surface area contributed by atoms with Gasteiger partial charge in [0.1, 0.15) is 12.4 Å². The lowest BCUT2D eigenvalue weighted by atomic mass is 9.92. The van der Waals surface area contributed by atoms with E-state index in [1.165, 1.54) is 36.8 Å². The SMILES string of the molecule is CCNC(COC)COc1ccc2c(c1)CCCC2. The van der Waals surface area contributed by atoms with Crippen molar-refractivity contribution in [2.75, 3.05) is 26.9 Å². The summed E-state index contributed by atoms with van der Waals surface area (Å²) in [7, 11) is 1.73. The lowest BCUT2D eigenvalue weighted by Gasteiger charge is -2.20. The Morgan fingerprint density at radius 2 is 1.95 bits per heavy atom. The summed E-state index contributed by atoms with van der Waals surface area (Å²) >= 11 is 0. The van der Waals surface area contributed by atoms with Crippen molar-refractivity contribution in [3.63, 3.8) is 0 Å². The number of benzene rings is 1. The molecule has 0 amide bonds. The largest absolute Gasteiger partial charge is 0.492 e. The quantitative estimate of drug-likeness (QED) is 0.820. The number of fused-ring (bicyclic) bond motifs is 1. The highest BCUT2D eigenvalue weighted by atomic mass is 16.5. The Balaban J connectivity index is 1.91. The van der Waals surface area contributed by atoms with Crippen molar-refractivity contribution in [2.45, 2.75) is 38.6 Å². The van der Waals surface area contributed by atoms with Gasteiger partial charge in [0.15, 0.2) is 0 Å². The minimum atomic E-state index is 0.256. The zero-order valence-electron chi connectivity index (χ0n) is 12.1. The summed E-state index contributed by atoms with van der Waals surface area (Å²) in [5, 5.41) is 3.37. The number of ether oxygens (including phenoxy) is 2. The molecule has 3 heteroatoms. The minimum absolute atomic E-state index is 0.256. The van der Waals surface area contributed by atoms with Gasteiger partial charge in [0.2, 0.25) is 0 Å². The van der Waals surface area contributed by atoms with Gasteiger partial charge in [0.05, 0.1) is 12.6 Å². The summed E-state index contributed by atoms with van der Waals surface area (Å²) in [6.07, 6.45) is 5.05. The third kappa shape index (κ3) is 4.22. The zero-order chi connectivity index (χ0) is 13.5. The fraction of sp³-hybridized carbons (Fsp3) is 0.625. The second kappa shape index (κ2) is 7.51. The van der Waals surface area contributed by atoms with E-state index in [0.29, 0.717) is 13.2 Å². The average molecular weight is 263 g/mol. The Bertz CT molecular complexity index is 386. The van der Waals surface area contributed by atoms with Crippen LogP contribution in [0.15, 0.2) is 18.2 Å². The molecule has 0 saturated carbocycles. The van der Waals surface area contributed by atoms with E-state index >= 15 is 0 Å². The van der Waals surface area contributed by atoms with E-state index in [0.717, 1.165) is 12.3 Å². The molecule has 1 atom stereocenters. The van der Waals surface area contributed by atoms with E-state index in [2.05, 4.69) is 30.4 Å². The molecule has 1 unspecified atom stereocenters. The van der Waals surface area contributed by atoms with Gasteiger partial charge in [-0.05, 0) is 55.5 Å². The fourth-order valence-corrected chi connectivity index (χ4v) is 2.65. The molecular weight excluding hydrogens is 238 g/mol. The van der Waals surface area contributed by atoms with Crippen LogP contribution in [-0.2, 0) is 17.6 Å². The molecule has 1 aliphatic rings. The number of hydrogen-bond acceptors (Lipinski definition) is 3. The molecule has 2 rings (SSSR count). The van der Waals surface area contributed by atoms with Gasteiger partial charge >= 0.3 is 0 Å². The van der Waals surface area contributed by atoms with Crippen LogP contribution in [0.25, 0.3) is 0 Å². The first-order chi connectivity index (χ1) is 9.33. The summed E-state index contributed by atoms with van der Waals surface area (Å²) in [5.74, 6) is 0.986. The number of likely N-dealkylation sites (N-methyl/N-ethyl adjacent to an activating group) is 1. The minimum Gasteiger partial charge on any atom is -0.492 e. The normalized spacial score (nSPS) is 15.9. The van der Waals surface area contributed by atoms with Gasteiger partial charge in [-0.3, -0.25) is 0 Å². The van der Waals surface area contributed by atoms with Crippen molar-refractivity contribution in [3.05, 3.63) is 29.3 Å². The second-order valence-corrected chi connectivity index (χ2v) is 5.16. The second-order valence-electron chi connectivity index (χ2n) is 5.16. The van der Waals surface area contributed by atoms with Crippen LogP contribution in [0, 0.1) is 0 Å². The molecule has 106 valence electrons. The lowest BCUT2D eigenvalue weighted by Crippen LogP contribution is -2.38. The van der Waals surface area contributed by atoms with Gasteiger partial charge in [-0.2, -0.15) is 0 Å². The van der Waals surface area contributed by atoms with E-state index < -0.39 is 0 Å². The monoisotopic (exact) mass is 263 g/mol. The molecular formula is C16H25NO2. The van der Waals surface area contributed by atoms with Crippen molar-refractivity contribution in [1.29, 1.82) is 0 Å². The number of hydrogen-bond donors (Lipinski definition) is 1. The molecule has 3 nitrogen and oxygen atoms in total. The third-order valence-electron chi connectivity index (χ3n) is 3.63. The molecule has 0 saturated heterocycles. The smallest absolute Gasteiger partial charge is 0.119 e. The van der Waals surface area contributed by atoms with Crippen LogP contribution >= 0.6 is 0 Å². The Morgan fingerprint density at radius 3 is 2.68 bits per heavy atom. The van der Waals surface area contributed by atoms with Crippen molar-refractivity contribution in [1.82, 2.24) is 5.32 Å². The van der Waals surface area contributed by atoms with Crippen LogP contribution in [0.1, 0.15) is 30.9 Å². The predicted octanol–water partition coefficient (Wildman–Crippen LogP) is 2.57. The molecule has 0 spiro atoms. The van der Waals surface area contributed by atoms with E-state index in [-0.39, 0.29) is 6.04 Å². The van der Waals surface area contributed by atoms with Crippen molar-refractivity contribution >= 4 is 0 Å². The Kier molecular flexibility index (Phi) is 5.67. The van der Waals surface area contributed by atoms with E-state index in [9.17, 15) is 0 Å². The number of aryl methyl sites for hydroxylation is 2. The maximum Gasteiger partial charge on any atom is 0.119 e. The molecule has 1 aromatic rings. The molecule has 0 aromatic heterocycles. The summed E-state index contributed by atoms with van der Waals surface area (Å²) < 4.78 is 11.1. The lowest BCUT2D eigenvalue weighted by molar-refractivity contribution is 0.137. The van der Waals surface area contributed by atoms with Crippen LogP contribution in [0.3, 0.4) is 0 Å². The summed E-state index contributed by atoms with van der Waals surface area (Å²) in [6, 6.07) is 6.79. The maximum atomic E-state index is 5.90. The predicted molar refractivity (Wildman–Crippen MR) is 77.9 cm³/mol. The van der Waals surface area contributed by atoms with Gasteiger partial charge < -0.3 is 14.8 Å². The van der Waals surface area contributed by atoms with Crippen molar-refractivity contribution in [2.24, 2.45) is 0 Å². The molecule has 1 aromatic carbocycles. The topological polar surface area (TPSA) is 30.5 Å². The maximum absolute atomic E-state index is 5.90. The van der Waals surface area contributed by atoms with Gasteiger partial charge in [0, 0.05) is 7.11 Å². The molecule has 1 aliphatic carbocycles. The molecule has 19 heavy (non-hydrogen) atoms. The van der Waals surface area contributed by atoms with Crippen LogP contribution in [0.2, 0.25) is 0 Å².